The van der Waals surface area contributed by atoms with E-state index in [0.29, 0.717) is 11.3 Å². The average molecular weight is 211 g/mol. The SMILES string of the molecule is Nc1ccccc1C(=O)C[13CH]([15NH2])[13C](=O)O. The minimum absolute atomic E-state index is 0.246. The molecule has 1 aromatic rings. The van der Waals surface area contributed by atoms with Crippen LogP contribution in [0, 0.1) is 0 Å². The van der Waals surface area contributed by atoms with E-state index in [9.17, 15) is 9.59 Å². The van der Waals surface area contributed by atoms with Crippen LogP contribution in [0.4, 0.5) is 5.69 Å². The Kier molecular flexibility index (Phi) is 3.41. The van der Waals surface area contributed by atoms with Crippen molar-refractivity contribution >= 4 is 17.4 Å². The van der Waals surface area contributed by atoms with E-state index >= 15 is 0 Å². The van der Waals surface area contributed by atoms with Gasteiger partial charge in [0.05, 0.1) is 0 Å². The molecule has 0 aromatic heterocycles. The Morgan fingerprint density at radius 1 is 1.33 bits per heavy atom. The van der Waals surface area contributed by atoms with E-state index in [0.717, 1.165) is 0 Å². The largest absolute Gasteiger partial charge is 0.480 e. The number of aliphatic carboxylic acids is 1. The zero-order valence-corrected chi connectivity index (χ0v) is 8.01. The first-order valence-corrected chi connectivity index (χ1v) is 4.38. The molecule has 0 amide bonds. The molecule has 0 bridgehead atoms. The van der Waals surface area contributed by atoms with Gasteiger partial charge in [0.25, 0.3) is 0 Å². The van der Waals surface area contributed by atoms with Gasteiger partial charge >= 0.3 is 5.97 Å². The van der Waals surface area contributed by atoms with Gasteiger partial charge in [-0.3, -0.25) is 9.59 Å². The predicted molar refractivity (Wildman–Crippen MR) is 55.4 cm³/mol. The van der Waals surface area contributed by atoms with Crippen LogP contribution in [0.25, 0.3) is 0 Å². The maximum Gasteiger partial charge on any atom is 0.320 e. The predicted octanol–water partition coefficient (Wildman–Crippen LogP) is 0.254. The van der Waals surface area contributed by atoms with Crippen LogP contribution in [-0.2, 0) is 4.79 Å². The third kappa shape index (κ3) is 2.78. The first-order valence-electron chi connectivity index (χ1n) is 4.38. The third-order valence-corrected chi connectivity index (χ3v) is 1.98. The normalized spacial score (nSPS) is 12.1. The number of hydrogen-bond acceptors (Lipinski definition) is 4. The van der Waals surface area contributed by atoms with Crippen LogP contribution in [0.5, 0.6) is 0 Å². The molecule has 80 valence electrons. The number of rotatable bonds is 4. The van der Waals surface area contributed by atoms with Gasteiger partial charge in [-0.2, -0.15) is 0 Å². The fourth-order valence-corrected chi connectivity index (χ4v) is 1.15. The second-order valence-electron chi connectivity index (χ2n) is 3.16. The molecule has 5 N–H and O–H groups in total. The van der Waals surface area contributed by atoms with Crippen molar-refractivity contribution in [1.29, 1.82) is 0 Å². The highest BCUT2D eigenvalue weighted by Gasteiger charge is 2.18. The average Bonchev–Trinajstić information content (AvgIpc) is 2.18. The molecule has 0 radical (unpaired) electrons. The molecule has 0 heterocycles. The molecule has 0 fully saturated rings. The van der Waals surface area contributed by atoms with E-state index in [1.807, 2.05) is 0 Å². The monoisotopic (exact) mass is 211 g/mol. The molecule has 5 nitrogen and oxygen atoms in total. The van der Waals surface area contributed by atoms with Crippen molar-refractivity contribution in [3.8, 4) is 0 Å². The Hall–Kier alpha value is -1.88. The van der Waals surface area contributed by atoms with Gasteiger partial charge in [-0.1, -0.05) is 12.1 Å². The van der Waals surface area contributed by atoms with E-state index < -0.39 is 12.0 Å². The number of carboxylic acids is 1. The van der Waals surface area contributed by atoms with E-state index in [4.69, 9.17) is 16.6 Å². The minimum Gasteiger partial charge on any atom is -0.480 e. The molecule has 5 heteroatoms. The second kappa shape index (κ2) is 4.56. The number of nitrogen functional groups attached to an aromatic ring is 1. The molecule has 1 rings (SSSR count). The van der Waals surface area contributed by atoms with Crippen LogP contribution in [0.3, 0.4) is 0 Å². The molecule has 0 aliphatic heterocycles. The lowest BCUT2D eigenvalue weighted by atomic mass is 10.1. The molecule has 0 saturated heterocycles. The number of carboxylic acid groups (broad SMARTS) is 1. The summed E-state index contributed by atoms with van der Waals surface area (Å²) in [5.41, 5.74) is 11.5. The van der Waals surface area contributed by atoms with Gasteiger partial charge in [0, 0.05) is 17.7 Å². The zero-order chi connectivity index (χ0) is 11.4. The smallest absolute Gasteiger partial charge is 0.320 e. The van der Waals surface area contributed by atoms with Crippen LogP contribution in [0.2, 0.25) is 0 Å². The summed E-state index contributed by atoms with van der Waals surface area (Å²) in [5, 5.41) is 8.54. The molecule has 1 aromatic carbocycles. The van der Waals surface area contributed by atoms with Crippen LogP contribution in [0.1, 0.15) is 16.8 Å². The number of carbonyl (C=O) groups is 2. The van der Waals surface area contributed by atoms with E-state index in [2.05, 4.69) is 0 Å². The quantitative estimate of drug-likeness (QED) is 0.286. The number of ketones is 1. The number of nitrogens with two attached hydrogens (primary N) is 2. The number of benzene rings is 1. The second-order valence-corrected chi connectivity index (χ2v) is 3.16. The Balaban J connectivity index is 2.78. The number of carbonyl (C=O) groups excluding carboxylic acids is 1. The summed E-state index contributed by atoms with van der Waals surface area (Å²) in [6.07, 6.45) is -0.246. The summed E-state index contributed by atoms with van der Waals surface area (Å²) < 4.78 is 0. The van der Waals surface area contributed by atoms with Gasteiger partial charge in [-0.25, -0.2) is 0 Å². The standard InChI is InChI=1S/C10H12N2O3/c11-7-4-2-1-3-6(7)9(13)5-8(12)10(14)15/h1-4,8H,5,11-12H2,(H,14,15)/i8+1,10+1,12+1. The van der Waals surface area contributed by atoms with Gasteiger partial charge in [0.15, 0.2) is 5.78 Å². The fourth-order valence-electron chi connectivity index (χ4n) is 1.15. The van der Waals surface area contributed by atoms with Crippen molar-refractivity contribution in [2.24, 2.45) is 5.73 Å². The van der Waals surface area contributed by atoms with Gasteiger partial charge < -0.3 is 16.6 Å². The highest BCUT2D eigenvalue weighted by atomic mass is 16.5. The molecule has 0 saturated carbocycles. The fraction of sp³-hybridized carbons (Fsp3) is 0.200. The molecular formula is C10H12N2O3. The number of anilines is 1. The first kappa shape index (κ1) is 11.2. The Labute approximate surface area is 86.7 Å². The van der Waals surface area contributed by atoms with E-state index in [1.165, 1.54) is 0 Å². The van der Waals surface area contributed by atoms with Crippen molar-refractivity contribution in [1.82, 2.24) is 0 Å². The van der Waals surface area contributed by atoms with Crippen molar-refractivity contribution in [2.75, 3.05) is 5.73 Å². The summed E-state index contributed by atoms with van der Waals surface area (Å²) >= 11 is 0. The topological polar surface area (TPSA) is 106 Å². The van der Waals surface area contributed by atoms with Crippen molar-refractivity contribution in [3.05, 3.63) is 29.8 Å². The van der Waals surface area contributed by atoms with Crippen molar-refractivity contribution in [3.63, 3.8) is 0 Å². The van der Waals surface area contributed by atoms with Gasteiger partial charge in [-0.05, 0) is 12.1 Å². The highest BCUT2D eigenvalue weighted by molar-refractivity contribution is 6.02. The zero-order valence-electron chi connectivity index (χ0n) is 8.01. The molecule has 1 unspecified atom stereocenters. The van der Waals surface area contributed by atoms with Crippen LogP contribution in [-0.4, -0.2) is 22.9 Å². The lowest BCUT2D eigenvalue weighted by Crippen LogP contribution is -2.32. The van der Waals surface area contributed by atoms with E-state index in [-0.39, 0.29) is 12.2 Å². The van der Waals surface area contributed by atoms with Crippen LogP contribution in [0.15, 0.2) is 24.3 Å². The lowest BCUT2D eigenvalue weighted by molar-refractivity contribution is -0.138. The summed E-state index contributed by atoms with van der Waals surface area (Å²) in [6, 6.07) is 5.31. The van der Waals surface area contributed by atoms with Crippen molar-refractivity contribution < 1.29 is 14.7 Å². The Bertz CT molecular complexity index is 390. The molecule has 0 spiro atoms. The summed E-state index contributed by atoms with van der Waals surface area (Å²) in [6.45, 7) is 0. The minimum atomic E-state index is -1.20. The lowest BCUT2D eigenvalue weighted by Gasteiger charge is -2.07. The van der Waals surface area contributed by atoms with E-state index in [1.54, 1.807) is 24.3 Å². The molecule has 0 aliphatic rings. The summed E-state index contributed by atoms with van der Waals surface area (Å²) in [5.74, 6) is -1.55. The molecule has 15 heavy (non-hydrogen) atoms. The highest BCUT2D eigenvalue weighted by Crippen LogP contribution is 2.13. The maximum absolute atomic E-state index is 11.6. The van der Waals surface area contributed by atoms with Gasteiger partial charge in [-0.15, -0.1) is 0 Å². The van der Waals surface area contributed by atoms with Crippen LogP contribution < -0.4 is 11.5 Å². The Morgan fingerprint density at radius 2 is 1.93 bits per heavy atom. The number of para-hydroxylation sites is 1. The van der Waals surface area contributed by atoms with Crippen molar-refractivity contribution in [2.45, 2.75) is 12.5 Å². The molecule has 1 atom stereocenters. The first-order chi connectivity index (χ1) is 7.02. The maximum atomic E-state index is 11.6. The van der Waals surface area contributed by atoms with Crippen LogP contribution >= 0.6 is 0 Å². The van der Waals surface area contributed by atoms with Gasteiger partial charge in [0.2, 0.25) is 0 Å². The number of hydrogen-bond donors (Lipinski definition) is 3. The molecule has 0 aliphatic carbocycles. The molecular weight excluding hydrogens is 199 g/mol. The summed E-state index contributed by atoms with van der Waals surface area (Å²) in [4.78, 5) is 22.0. The Morgan fingerprint density at radius 3 is 2.47 bits per heavy atom. The van der Waals surface area contributed by atoms with Gasteiger partial charge in [0.1, 0.15) is 6.04 Å². The summed E-state index contributed by atoms with van der Waals surface area (Å²) in [7, 11) is 0. The number of Topliss-reactive ketones (excluding diaryl/α,β-unsaturated/α-hetero) is 1. The third-order valence-electron chi connectivity index (χ3n) is 1.98.